The van der Waals surface area contributed by atoms with Crippen LogP contribution < -0.4 is 14.9 Å². The smallest absolute Gasteiger partial charge is 0.244 e. The molecule has 1 aliphatic carbocycles. The number of rotatable bonds is 7. The first-order chi connectivity index (χ1) is 15.1. The molecule has 1 saturated carbocycles. The van der Waals surface area contributed by atoms with E-state index < -0.39 is 0 Å². The predicted molar refractivity (Wildman–Crippen MR) is 125 cm³/mol. The fraction of sp³-hybridized carbons (Fsp3) is 0.200. The van der Waals surface area contributed by atoms with Crippen LogP contribution in [0.4, 0.5) is 0 Å². The van der Waals surface area contributed by atoms with Gasteiger partial charge in [0.2, 0.25) is 5.91 Å². The zero-order valence-corrected chi connectivity index (χ0v) is 18.9. The highest BCUT2D eigenvalue weighted by Gasteiger charge is 2.60. The minimum absolute atomic E-state index is 0.101. The molecule has 1 unspecified atom stereocenters. The highest BCUT2D eigenvalue weighted by atomic mass is 79.9. The molecule has 0 aromatic heterocycles. The van der Waals surface area contributed by atoms with Crippen molar-refractivity contribution in [3.63, 3.8) is 0 Å². The Kier molecular flexibility index (Phi) is 6.09. The van der Waals surface area contributed by atoms with Crippen molar-refractivity contribution in [2.24, 2.45) is 11.0 Å². The van der Waals surface area contributed by atoms with E-state index in [1.807, 2.05) is 42.5 Å². The summed E-state index contributed by atoms with van der Waals surface area (Å²) >= 11 is 3.46. The van der Waals surface area contributed by atoms with E-state index in [1.165, 1.54) is 0 Å². The summed E-state index contributed by atoms with van der Waals surface area (Å²) < 4.78 is 11.5. The van der Waals surface area contributed by atoms with Crippen molar-refractivity contribution in [2.75, 3.05) is 14.2 Å². The molecule has 6 heteroatoms. The topological polar surface area (TPSA) is 59.9 Å². The molecule has 4 rings (SSSR count). The van der Waals surface area contributed by atoms with E-state index in [1.54, 1.807) is 26.5 Å². The number of benzene rings is 3. The molecule has 0 saturated heterocycles. The van der Waals surface area contributed by atoms with Gasteiger partial charge in [0.1, 0.15) is 11.5 Å². The summed E-state index contributed by atoms with van der Waals surface area (Å²) in [6.45, 7) is 0. The van der Waals surface area contributed by atoms with Gasteiger partial charge in [-0.25, -0.2) is 5.43 Å². The van der Waals surface area contributed by atoms with Crippen molar-refractivity contribution in [2.45, 2.75) is 11.8 Å². The van der Waals surface area contributed by atoms with E-state index >= 15 is 0 Å². The molecule has 1 fully saturated rings. The van der Waals surface area contributed by atoms with E-state index in [0.717, 1.165) is 27.6 Å². The number of halogens is 1. The molecular weight excluding hydrogens is 456 g/mol. The van der Waals surface area contributed by atoms with Gasteiger partial charge in [-0.3, -0.25) is 4.79 Å². The maximum Gasteiger partial charge on any atom is 0.244 e. The summed E-state index contributed by atoms with van der Waals surface area (Å²) in [6.07, 6.45) is 2.33. The van der Waals surface area contributed by atoms with Crippen molar-refractivity contribution in [1.82, 2.24) is 5.43 Å². The standard InChI is InChI=1S/C25H23BrN2O3/c1-30-22-14-23(31-2)21(26)13-17(22)16-27-28-24(29)20-15-25(20,18-9-5-3-6-10-18)19-11-7-4-8-12-19/h3-14,16,20H,15H2,1-2H3,(H,28,29). The molecule has 158 valence electrons. The summed E-state index contributed by atoms with van der Waals surface area (Å²) in [5.74, 6) is 0.980. The fourth-order valence-corrected chi connectivity index (χ4v) is 4.61. The number of carbonyl (C=O) groups is 1. The van der Waals surface area contributed by atoms with E-state index in [2.05, 4.69) is 50.7 Å². The van der Waals surface area contributed by atoms with Gasteiger partial charge >= 0.3 is 0 Å². The van der Waals surface area contributed by atoms with Crippen molar-refractivity contribution in [3.05, 3.63) is 94.0 Å². The third-order valence-electron chi connectivity index (χ3n) is 5.74. The average Bonchev–Trinajstić information content (AvgIpc) is 3.57. The first kappa shape index (κ1) is 21.1. The van der Waals surface area contributed by atoms with Gasteiger partial charge in [-0.2, -0.15) is 5.10 Å². The minimum Gasteiger partial charge on any atom is -0.496 e. The average molecular weight is 479 g/mol. The van der Waals surface area contributed by atoms with Gasteiger partial charge in [-0.1, -0.05) is 60.7 Å². The van der Waals surface area contributed by atoms with Gasteiger partial charge in [0.25, 0.3) is 0 Å². The van der Waals surface area contributed by atoms with Crippen LogP contribution in [0.15, 0.2) is 82.4 Å². The fourth-order valence-electron chi connectivity index (χ4n) is 4.08. The van der Waals surface area contributed by atoms with Gasteiger partial charge in [0.05, 0.1) is 30.8 Å². The molecular formula is C25H23BrN2O3. The normalized spacial score (nSPS) is 16.7. The Hall–Kier alpha value is -3.12. The second-order valence-corrected chi connectivity index (χ2v) is 8.28. The quantitative estimate of drug-likeness (QED) is 0.387. The molecule has 31 heavy (non-hydrogen) atoms. The van der Waals surface area contributed by atoms with Crippen LogP contribution in [-0.4, -0.2) is 26.3 Å². The van der Waals surface area contributed by atoms with Gasteiger partial charge in [0.15, 0.2) is 0 Å². The zero-order valence-electron chi connectivity index (χ0n) is 17.3. The molecule has 3 aromatic carbocycles. The second kappa shape index (κ2) is 8.94. The predicted octanol–water partition coefficient (Wildman–Crippen LogP) is 4.92. The maximum atomic E-state index is 13.0. The number of methoxy groups -OCH3 is 2. The molecule has 1 aliphatic rings. The Balaban J connectivity index is 1.54. The molecule has 5 nitrogen and oxygen atoms in total. The van der Waals surface area contributed by atoms with Crippen LogP contribution in [0.1, 0.15) is 23.1 Å². The Morgan fingerprint density at radius 2 is 1.58 bits per heavy atom. The summed E-state index contributed by atoms with van der Waals surface area (Å²) in [5.41, 5.74) is 5.41. The van der Waals surface area contributed by atoms with Crippen molar-refractivity contribution in [3.8, 4) is 11.5 Å². The van der Waals surface area contributed by atoms with Crippen LogP contribution in [0.2, 0.25) is 0 Å². The second-order valence-electron chi connectivity index (χ2n) is 7.42. The number of nitrogens with one attached hydrogen (secondary N) is 1. The van der Waals surface area contributed by atoms with Gasteiger partial charge < -0.3 is 9.47 Å². The summed E-state index contributed by atoms with van der Waals surface area (Å²) in [6, 6.07) is 24.0. The van der Waals surface area contributed by atoms with Gasteiger partial charge in [-0.05, 0) is 39.5 Å². The Morgan fingerprint density at radius 3 is 2.13 bits per heavy atom. The van der Waals surface area contributed by atoms with Crippen molar-refractivity contribution in [1.29, 1.82) is 0 Å². The number of hydrogen-bond acceptors (Lipinski definition) is 4. The third-order valence-corrected chi connectivity index (χ3v) is 6.36. The number of amides is 1. The first-order valence-electron chi connectivity index (χ1n) is 9.95. The van der Waals surface area contributed by atoms with E-state index in [-0.39, 0.29) is 17.2 Å². The number of nitrogens with zero attached hydrogens (tertiary/aromatic N) is 1. The Bertz CT molecular complexity index is 1060. The van der Waals surface area contributed by atoms with Gasteiger partial charge in [0, 0.05) is 17.0 Å². The van der Waals surface area contributed by atoms with Crippen LogP contribution in [0, 0.1) is 5.92 Å². The largest absolute Gasteiger partial charge is 0.496 e. The third kappa shape index (κ3) is 4.08. The van der Waals surface area contributed by atoms with Crippen molar-refractivity contribution >= 4 is 28.1 Å². The number of hydrazone groups is 1. The molecule has 1 amide bonds. The molecule has 3 aromatic rings. The van der Waals surface area contributed by atoms with E-state index in [9.17, 15) is 4.79 Å². The molecule has 0 radical (unpaired) electrons. The number of carbonyl (C=O) groups excluding carboxylic acids is 1. The van der Waals surface area contributed by atoms with Crippen LogP contribution in [0.3, 0.4) is 0 Å². The molecule has 0 bridgehead atoms. The van der Waals surface area contributed by atoms with Crippen LogP contribution in [0.25, 0.3) is 0 Å². The monoisotopic (exact) mass is 478 g/mol. The SMILES string of the molecule is COc1cc(OC)c(C=NNC(=O)C2CC2(c2ccccc2)c2ccccc2)cc1Br. The first-order valence-corrected chi connectivity index (χ1v) is 10.7. The lowest BCUT2D eigenvalue weighted by molar-refractivity contribution is -0.122. The number of hydrogen-bond donors (Lipinski definition) is 1. The van der Waals surface area contributed by atoms with Crippen molar-refractivity contribution < 1.29 is 14.3 Å². The Labute approximate surface area is 190 Å². The lowest BCUT2D eigenvalue weighted by Gasteiger charge is -2.18. The lowest BCUT2D eigenvalue weighted by Crippen LogP contribution is -2.25. The summed E-state index contributed by atoms with van der Waals surface area (Å²) in [4.78, 5) is 13.0. The molecule has 0 spiro atoms. The van der Waals surface area contributed by atoms with Crippen LogP contribution >= 0.6 is 15.9 Å². The zero-order chi connectivity index (χ0) is 21.8. The molecule has 1 N–H and O–H groups in total. The minimum atomic E-state index is -0.317. The molecule has 0 heterocycles. The van der Waals surface area contributed by atoms with E-state index in [0.29, 0.717) is 11.5 Å². The Morgan fingerprint density at radius 1 is 1.00 bits per heavy atom. The highest BCUT2D eigenvalue weighted by Crippen LogP contribution is 2.58. The summed E-state index contributed by atoms with van der Waals surface area (Å²) in [7, 11) is 3.17. The molecule has 1 atom stereocenters. The van der Waals surface area contributed by atoms with E-state index in [4.69, 9.17) is 9.47 Å². The van der Waals surface area contributed by atoms with Gasteiger partial charge in [-0.15, -0.1) is 0 Å². The van der Waals surface area contributed by atoms with Crippen LogP contribution in [-0.2, 0) is 10.2 Å². The lowest BCUT2D eigenvalue weighted by atomic mass is 9.85. The summed E-state index contributed by atoms with van der Waals surface area (Å²) in [5, 5.41) is 4.19. The molecule has 0 aliphatic heterocycles. The van der Waals surface area contributed by atoms with Crippen LogP contribution in [0.5, 0.6) is 11.5 Å². The highest BCUT2D eigenvalue weighted by molar-refractivity contribution is 9.10. The maximum absolute atomic E-state index is 13.0. The number of ether oxygens (including phenoxy) is 2.